The minimum atomic E-state index is 1.17. The highest BCUT2D eigenvalue weighted by Gasteiger charge is 2.09. The smallest absolute Gasteiger partial charge is 0.00933 e. The molecule has 0 spiro atoms. The number of hydrogen-bond donors (Lipinski definition) is 0. The number of allylic oxidation sites excluding steroid dienone is 6. The molecule has 0 N–H and O–H groups in total. The Morgan fingerprint density at radius 1 is 1.18 bits per heavy atom. The molecule has 0 unspecified atom stereocenters. The highest BCUT2D eigenvalue weighted by atomic mass is 14.1. The van der Waals surface area contributed by atoms with E-state index in [4.69, 9.17) is 0 Å². The van der Waals surface area contributed by atoms with Gasteiger partial charge in [-0.2, -0.15) is 0 Å². The maximum Gasteiger partial charge on any atom is -0.00933 e. The SMILES string of the molecule is [CH]1CCCC2=C1C=CC=CC2. The summed E-state index contributed by atoms with van der Waals surface area (Å²) in [6, 6.07) is 0. The Bertz CT molecular complexity index is 228. The van der Waals surface area contributed by atoms with Crippen molar-refractivity contribution in [2.24, 2.45) is 0 Å². The van der Waals surface area contributed by atoms with E-state index in [9.17, 15) is 0 Å². The zero-order valence-corrected chi connectivity index (χ0v) is 6.72. The normalized spacial score (nSPS) is 23.3. The molecule has 0 heterocycles. The van der Waals surface area contributed by atoms with E-state index in [0.717, 1.165) is 0 Å². The third kappa shape index (κ3) is 1.45. The lowest BCUT2D eigenvalue weighted by atomic mass is 9.90. The summed E-state index contributed by atoms with van der Waals surface area (Å²) in [6.45, 7) is 0. The van der Waals surface area contributed by atoms with Crippen molar-refractivity contribution in [3.8, 4) is 0 Å². The first-order chi connectivity index (χ1) is 5.47. The van der Waals surface area contributed by atoms with E-state index in [-0.39, 0.29) is 0 Å². The lowest BCUT2D eigenvalue weighted by molar-refractivity contribution is 0.753. The Morgan fingerprint density at radius 3 is 3.18 bits per heavy atom. The second-order valence-electron chi connectivity index (χ2n) is 3.15. The zero-order valence-electron chi connectivity index (χ0n) is 6.72. The van der Waals surface area contributed by atoms with Crippen molar-refractivity contribution < 1.29 is 0 Å². The molecule has 0 aliphatic heterocycles. The fraction of sp³-hybridized carbons (Fsp3) is 0.364. The molecular weight excluding hydrogens is 132 g/mol. The van der Waals surface area contributed by atoms with Crippen LogP contribution < -0.4 is 0 Å². The average Bonchev–Trinajstić information content (AvgIpc) is 2.28. The number of hydrogen-bond acceptors (Lipinski definition) is 0. The summed E-state index contributed by atoms with van der Waals surface area (Å²) >= 11 is 0. The highest BCUT2D eigenvalue weighted by molar-refractivity contribution is 5.39. The monoisotopic (exact) mass is 145 g/mol. The Labute approximate surface area is 68.3 Å². The molecule has 2 aliphatic rings. The van der Waals surface area contributed by atoms with Gasteiger partial charge in [-0.1, -0.05) is 29.9 Å². The summed E-state index contributed by atoms with van der Waals surface area (Å²) in [5.74, 6) is 0. The second-order valence-corrected chi connectivity index (χ2v) is 3.15. The maximum absolute atomic E-state index is 2.36. The predicted octanol–water partition coefficient (Wildman–Crippen LogP) is 3.19. The van der Waals surface area contributed by atoms with Crippen molar-refractivity contribution in [1.29, 1.82) is 0 Å². The third-order valence-electron chi connectivity index (χ3n) is 2.34. The summed E-state index contributed by atoms with van der Waals surface area (Å²) in [5, 5.41) is 0. The van der Waals surface area contributed by atoms with Crippen molar-refractivity contribution >= 4 is 0 Å². The quantitative estimate of drug-likeness (QED) is 0.491. The largest absolute Gasteiger partial charge is 0.0805 e. The van der Waals surface area contributed by atoms with Gasteiger partial charge in [0.2, 0.25) is 0 Å². The molecule has 11 heavy (non-hydrogen) atoms. The third-order valence-corrected chi connectivity index (χ3v) is 2.34. The molecule has 0 bridgehead atoms. The van der Waals surface area contributed by atoms with E-state index >= 15 is 0 Å². The van der Waals surface area contributed by atoms with Crippen LogP contribution in [0, 0.1) is 6.42 Å². The molecule has 0 amide bonds. The van der Waals surface area contributed by atoms with Crippen molar-refractivity contribution in [3.63, 3.8) is 0 Å². The Morgan fingerprint density at radius 2 is 2.18 bits per heavy atom. The molecule has 0 fully saturated rings. The molecule has 2 aliphatic carbocycles. The van der Waals surface area contributed by atoms with Gasteiger partial charge >= 0.3 is 0 Å². The van der Waals surface area contributed by atoms with Crippen LogP contribution in [0.15, 0.2) is 35.5 Å². The number of rotatable bonds is 0. The molecule has 0 nitrogen and oxygen atoms in total. The van der Waals surface area contributed by atoms with E-state index in [1.165, 1.54) is 31.3 Å². The molecule has 0 aromatic rings. The predicted molar refractivity (Wildman–Crippen MR) is 48.1 cm³/mol. The molecule has 2 rings (SSSR count). The lowest BCUT2D eigenvalue weighted by Gasteiger charge is -2.15. The Hall–Kier alpha value is -0.780. The standard InChI is InChI=1S/C11H13/c1-2-6-10-8-4-5-9-11(10)7-3-1/h1-3,6,8H,4-5,7,9H2. The first kappa shape index (κ1) is 6.90. The van der Waals surface area contributed by atoms with Crippen LogP contribution >= 0.6 is 0 Å². The van der Waals surface area contributed by atoms with Crippen LogP contribution in [0.3, 0.4) is 0 Å². The van der Waals surface area contributed by atoms with Crippen LogP contribution in [0.5, 0.6) is 0 Å². The van der Waals surface area contributed by atoms with E-state index in [0.29, 0.717) is 0 Å². The summed E-state index contributed by atoms with van der Waals surface area (Å²) < 4.78 is 0. The van der Waals surface area contributed by atoms with Crippen molar-refractivity contribution in [2.75, 3.05) is 0 Å². The Kier molecular flexibility index (Phi) is 1.93. The summed E-state index contributed by atoms with van der Waals surface area (Å²) in [4.78, 5) is 0. The topological polar surface area (TPSA) is 0 Å². The van der Waals surface area contributed by atoms with Crippen LogP contribution in [-0.4, -0.2) is 0 Å². The molecule has 0 aromatic heterocycles. The fourth-order valence-electron chi connectivity index (χ4n) is 1.72. The fourth-order valence-corrected chi connectivity index (χ4v) is 1.72. The van der Waals surface area contributed by atoms with Crippen LogP contribution in [-0.2, 0) is 0 Å². The van der Waals surface area contributed by atoms with Crippen molar-refractivity contribution in [3.05, 3.63) is 41.9 Å². The van der Waals surface area contributed by atoms with Gasteiger partial charge < -0.3 is 0 Å². The Balaban J connectivity index is 2.26. The van der Waals surface area contributed by atoms with Gasteiger partial charge in [0.1, 0.15) is 0 Å². The maximum atomic E-state index is 2.36. The molecule has 0 saturated heterocycles. The van der Waals surface area contributed by atoms with Gasteiger partial charge in [-0.15, -0.1) is 0 Å². The zero-order chi connectivity index (χ0) is 7.52. The van der Waals surface area contributed by atoms with Crippen molar-refractivity contribution in [2.45, 2.75) is 25.7 Å². The molecular formula is C11H13. The van der Waals surface area contributed by atoms with Gasteiger partial charge in [0.15, 0.2) is 0 Å². The van der Waals surface area contributed by atoms with Gasteiger partial charge in [0, 0.05) is 0 Å². The summed E-state index contributed by atoms with van der Waals surface area (Å²) in [7, 11) is 0. The highest BCUT2D eigenvalue weighted by Crippen LogP contribution is 2.28. The molecule has 0 heteroatoms. The molecule has 0 atom stereocenters. The van der Waals surface area contributed by atoms with E-state index in [1.807, 2.05) is 0 Å². The molecule has 0 aromatic carbocycles. The van der Waals surface area contributed by atoms with Crippen LogP contribution in [0.4, 0.5) is 0 Å². The summed E-state index contributed by atoms with van der Waals surface area (Å²) in [5.41, 5.74) is 3.11. The van der Waals surface area contributed by atoms with Gasteiger partial charge in [0.05, 0.1) is 0 Å². The molecule has 0 saturated carbocycles. The van der Waals surface area contributed by atoms with E-state index < -0.39 is 0 Å². The minimum Gasteiger partial charge on any atom is -0.0805 e. The minimum absolute atomic E-state index is 1.17. The lowest BCUT2D eigenvalue weighted by Crippen LogP contribution is -1.97. The molecule has 57 valence electrons. The van der Waals surface area contributed by atoms with Gasteiger partial charge in [-0.25, -0.2) is 0 Å². The first-order valence-corrected chi connectivity index (χ1v) is 4.35. The summed E-state index contributed by atoms with van der Waals surface area (Å²) in [6.07, 6.45) is 16.2. The molecule has 1 radical (unpaired) electrons. The van der Waals surface area contributed by atoms with Crippen molar-refractivity contribution in [1.82, 2.24) is 0 Å². The first-order valence-electron chi connectivity index (χ1n) is 4.35. The van der Waals surface area contributed by atoms with Gasteiger partial charge in [0.25, 0.3) is 0 Å². The van der Waals surface area contributed by atoms with Gasteiger partial charge in [-0.05, 0) is 37.7 Å². The second kappa shape index (κ2) is 3.08. The van der Waals surface area contributed by atoms with Crippen LogP contribution in [0.2, 0.25) is 0 Å². The van der Waals surface area contributed by atoms with E-state index in [2.05, 4.69) is 30.7 Å². The average molecular weight is 145 g/mol. The van der Waals surface area contributed by atoms with E-state index in [1.54, 1.807) is 5.57 Å². The van der Waals surface area contributed by atoms with Gasteiger partial charge in [-0.3, -0.25) is 0 Å². The van der Waals surface area contributed by atoms with Crippen LogP contribution in [0.25, 0.3) is 0 Å². The van der Waals surface area contributed by atoms with Crippen LogP contribution in [0.1, 0.15) is 25.7 Å².